The fourth-order valence-electron chi connectivity index (χ4n) is 1.36. The highest BCUT2D eigenvalue weighted by molar-refractivity contribution is 6.30. The lowest BCUT2D eigenvalue weighted by molar-refractivity contribution is -0.384. The summed E-state index contributed by atoms with van der Waals surface area (Å²) < 4.78 is 0. The van der Waals surface area contributed by atoms with Gasteiger partial charge in [0.05, 0.1) is 9.95 Å². The summed E-state index contributed by atoms with van der Waals surface area (Å²) in [5.74, 6) is -0.248. The van der Waals surface area contributed by atoms with Gasteiger partial charge in [-0.25, -0.2) is 4.98 Å². The molecule has 19 heavy (non-hydrogen) atoms. The predicted molar refractivity (Wildman–Crippen MR) is 72.3 cm³/mol. The minimum Gasteiger partial charge on any atom is -0.353 e. The standard InChI is InChI=1S/C11H15ClN4O3/c1-6(2)14-11(17)7(3)15-10-9(16(18)19)4-8(12)5-13-10/h4-7H,1-3H3,(H,13,15)(H,14,17). The SMILES string of the molecule is CC(C)NC(=O)C(C)Nc1ncc(Cl)cc1[N+](=O)[O-]. The van der Waals surface area contributed by atoms with Crippen LogP contribution in [0.5, 0.6) is 0 Å². The first-order chi connectivity index (χ1) is 8.81. The molecular weight excluding hydrogens is 272 g/mol. The molecule has 1 aromatic rings. The van der Waals surface area contributed by atoms with E-state index in [2.05, 4.69) is 15.6 Å². The van der Waals surface area contributed by atoms with Gasteiger partial charge in [0.1, 0.15) is 6.04 Å². The van der Waals surface area contributed by atoms with Crippen LogP contribution in [0.3, 0.4) is 0 Å². The maximum atomic E-state index is 11.7. The van der Waals surface area contributed by atoms with E-state index in [1.807, 2.05) is 13.8 Å². The minimum absolute atomic E-state index is 0.00934. The third-order valence-electron chi connectivity index (χ3n) is 2.21. The van der Waals surface area contributed by atoms with Gasteiger partial charge >= 0.3 is 5.69 Å². The lowest BCUT2D eigenvalue weighted by Crippen LogP contribution is -2.41. The number of pyridine rings is 1. The van der Waals surface area contributed by atoms with Gasteiger partial charge in [0.25, 0.3) is 0 Å². The smallest absolute Gasteiger partial charge is 0.312 e. The number of hydrogen-bond donors (Lipinski definition) is 2. The van der Waals surface area contributed by atoms with Crippen molar-refractivity contribution >= 4 is 29.0 Å². The Bertz CT molecular complexity index is 493. The summed E-state index contributed by atoms with van der Waals surface area (Å²) >= 11 is 5.65. The van der Waals surface area contributed by atoms with Crippen molar-refractivity contribution in [2.24, 2.45) is 0 Å². The van der Waals surface area contributed by atoms with Gasteiger partial charge in [-0.15, -0.1) is 0 Å². The van der Waals surface area contributed by atoms with Crippen molar-refractivity contribution in [3.05, 3.63) is 27.4 Å². The largest absolute Gasteiger partial charge is 0.353 e. The normalized spacial score (nSPS) is 12.1. The fraction of sp³-hybridized carbons (Fsp3) is 0.455. The molecule has 0 saturated carbocycles. The molecule has 0 saturated heterocycles. The van der Waals surface area contributed by atoms with E-state index < -0.39 is 11.0 Å². The Labute approximate surface area is 115 Å². The van der Waals surface area contributed by atoms with Gasteiger partial charge in [0.15, 0.2) is 0 Å². The average Bonchev–Trinajstić information content (AvgIpc) is 2.30. The molecule has 0 aliphatic heterocycles. The van der Waals surface area contributed by atoms with Crippen molar-refractivity contribution in [2.75, 3.05) is 5.32 Å². The van der Waals surface area contributed by atoms with Crippen molar-refractivity contribution in [3.63, 3.8) is 0 Å². The van der Waals surface area contributed by atoms with E-state index in [4.69, 9.17) is 11.6 Å². The number of nitrogens with zero attached hydrogens (tertiary/aromatic N) is 2. The predicted octanol–water partition coefficient (Wildman–Crippen LogP) is 1.97. The maximum absolute atomic E-state index is 11.7. The second-order valence-corrected chi connectivity index (χ2v) is 4.74. The third kappa shape index (κ3) is 4.36. The van der Waals surface area contributed by atoms with E-state index in [1.165, 1.54) is 12.3 Å². The van der Waals surface area contributed by atoms with Gasteiger partial charge in [0.2, 0.25) is 11.7 Å². The maximum Gasteiger partial charge on any atom is 0.312 e. The Morgan fingerprint density at radius 2 is 2.11 bits per heavy atom. The number of aromatic nitrogens is 1. The molecule has 0 aliphatic rings. The molecule has 1 rings (SSSR count). The Morgan fingerprint density at radius 1 is 1.47 bits per heavy atom. The number of amides is 1. The van der Waals surface area contributed by atoms with Crippen molar-refractivity contribution in [2.45, 2.75) is 32.9 Å². The van der Waals surface area contributed by atoms with Crippen LogP contribution in [0.1, 0.15) is 20.8 Å². The monoisotopic (exact) mass is 286 g/mol. The molecule has 0 spiro atoms. The molecule has 0 radical (unpaired) electrons. The molecule has 0 bridgehead atoms. The highest BCUT2D eigenvalue weighted by Crippen LogP contribution is 2.25. The highest BCUT2D eigenvalue weighted by atomic mass is 35.5. The molecule has 0 aliphatic carbocycles. The second-order valence-electron chi connectivity index (χ2n) is 4.31. The molecule has 7 nitrogen and oxygen atoms in total. The number of anilines is 1. The van der Waals surface area contributed by atoms with E-state index >= 15 is 0 Å². The first-order valence-corrected chi connectivity index (χ1v) is 6.06. The number of nitrogens with one attached hydrogen (secondary N) is 2. The molecule has 0 aromatic carbocycles. The third-order valence-corrected chi connectivity index (χ3v) is 2.42. The van der Waals surface area contributed by atoms with Gasteiger partial charge in [0, 0.05) is 18.3 Å². The zero-order valence-corrected chi connectivity index (χ0v) is 11.6. The number of carbonyl (C=O) groups excluding carboxylic acids is 1. The molecule has 8 heteroatoms. The molecule has 1 heterocycles. The molecule has 1 amide bonds. The van der Waals surface area contributed by atoms with Gasteiger partial charge in [-0.1, -0.05) is 11.6 Å². The fourth-order valence-corrected chi connectivity index (χ4v) is 1.51. The van der Waals surface area contributed by atoms with Crippen LogP contribution in [0.4, 0.5) is 11.5 Å². The van der Waals surface area contributed by atoms with E-state index in [-0.39, 0.29) is 28.5 Å². The van der Waals surface area contributed by atoms with Crippen LogP contribution in [0.15, 0.2) is 12.3 Å². The quantitative estimate of drug-likeness (QED) is 0.637. The van der Waals surface area contributed by atoms with E-state index in [9.17, 15) is 14.9 Å². The van der Waals surface area contributed by atoms with Crippen molar-refractivity contribution in [1.29, 1.82) is 0 Å². The Balaban J connectivity index is 2.87. The summed E-state index contributed by atoms with van der Waals surface area (Å²) in [6, 6.07) is 0.531. The van der Waals surface area contributed by atoms with Crippen LogP contribution in [0.2, 0.25) is 5.02 Å². The molecular formula is C11H15ClN4O3. The first kappa shape index (κ1) is 15.2. The highest BCUT2D eigenvalue weighted by Gasteiger charge is 2.21. The van der Waals surface area contributed by atoms with E-state index in [0.29, 0.717) is 0 Å². The second kappa shape index (κ2) is 6.33. The number of rotatable bonds is 5. The van der Waals surface area contributed by atoms with E-state index in [0.717, 1.165) is 0 Å². The van der Waals surface area contributed by atoms with Crippen molar-refractivity contribution in [3.8, 4) is 0 Å². The topological polar surface area (TPSA) is 97.2 Å². The van der Waals surface area contributed by atoms with Gasteiger partial charge in [-0.05, 0) is 20.8 Å². The average molecular weight is 287 g/mol. The zero-order chi connectivity index (χ0) is 14.6. The minimum atomic E-state index is -0.644. The van der Waals surface area contributed by atoms with Crippen LogP contribution in [0.25, 0.3) is 0 Å². The van der Waals surface area contributed by atoms with Gasteiger partial charge in [-0.2, -0.15) is 0 Å². The Kier molecular flexibility index (Phi) is 5.05. The molecule has 0 fully saturated rings. The lowest BCUT2D eigenvalue weighted by atomic mass is 10.2. The molecule has 1 unspecified atom stereocenters. The van der Waals surface area contributed by atoms with Gasteiger partial charge < -0.3 is 10.6 Å². The Hall–Kier alpha value is -1.89. The van der Waals surface area contributed by atoms with Gasteiger partial charge in [-0.3, -0.25) is 14.9 Å². The Morgan fingerprint density at radius 3 is 2.63 bits per heavy atom. The number of nitro groups is 1. The molecule has 1 aromatic heterocycles. The number of carbonyl (C=O) groups is 1. The first-order valence-electron chi connectivity index (χ1n) is 5.68. The van der Waals surface area contributed by atoms with Crippen LogP contribution >= 0.6 is 11.6 Å². The molecule has 2 N–H and O–H groups in total. The lowest BCUT2D eigenvalue weighted by Gasteiger charge is -2.16. The van der Waals surface area contributed by atoms with Crippen LogP contribution in [-0.2, 0) is 4.79 Å². The number of hydrogen-bond acceptors (Lipinski definition) is 5. The van der Waals surface area contributed by atoms with E-state index in [1.54, 1.807) is 6.92 Å². The summed E-state index contributed by atoms with van der Waals surface area (Å²) in [4.78, 5) is 25.8. The summed E-state index contributed by atoms with van der Waals surface area (Å²) in [7, 11) is 0. The van der Waals surface area contributed by atoms with Crippen LogP contribution in [-0.4, -0.2) is 27.9 Å². The summed E-state index contributed by atoms with van der Waals surface area (Å²) in [5.41, 5.74) is -0.267. The summed E-state index contributed by atoms with van der Waals surface area (Å²) in [5, 5.41) is 16.4. The van der Waals surface area contributed by atoms with Crippen molar-refractivity contribution in [1.82, 2.24) is 10.3 Å². The van der Waals surface area contributed by atoms with Crippen molar-refractivity contribution < 1.29 is 9.72 Å². The molecule has 104 valence electrons. The summed E-state index contributed by atoms with van der Waals surface area (Å²) in [6.45, 7) is 5.25. The zero-order valence-electron chi connectivity index (χ0n) is 10.8. The summed E-state index contributed by atoms with van der Waals surface area (Å²) in [6.07, 6.45) is 1.28. The van der Waals surface area contributed by atoms with Crippen LogP contribution in [0, 0.1) is 10.1 Å². The molecule has 1 atom stereocenters. The number of halogens is 1. The van der Waals surface area contributed by atoms with Crippen LogP contribution < -0.4 is 10.6 Å².